The van der Waals surface area contributed by atoms with Crippen LogP contribution in [0.4, 0.5) is 17.1 Å². The molecule has 0 radical (unpaired) electrons. The molecule has 228 valence electrons. The zero-order valence-electron chi connectivity index (χ0n) is 27.2. The van der Waals surface area contributed by atoms with Gasteiger partial charge in [-0.2, -0.15) is 0 Å². The normalized spacial score (nSPS) is 13.0. The van der Waals surface area contributed by atoms with Crippen LogP contribution in [0.25, 0.3) is 54.9 Å². The molecular weight excluding hydrogens is 579 g/mol. The fourth-order valence-electron chi connectivity index (χ4n) is 7.80. The lowest BCUT2D eigenvalue weighted by molar-refractivity contribution is 0.660. The molecule has 0 saturated carbocycles. The first-order valence-electron chi connectivity index (χ1n) is 16.8. The molecule has 0 aromatic heterocycles. The Morgan fingerprint density at radius 3 is 1.83 bits per heavy atom. The summed E-state index contributed by atoms with van der Waals surface area (Å²) in [6, 6.07) is 64.5. The third-order valence-corrected chi connectivity index (χ3v) is 10.2. The highest BCUT2D eigenvalue weighted by atomic mass is 15.1. The maximum Gasteiger partial charge on any atom is 0.0546 e. The largest absolute Gasteiger partial charge is 0.310 e. The molecule has 9 rings (SSSR count). The first-order chi connectivity index (χ1) is 23.6. The van der Waals surface area contributed by atoms with Crippen LogP contribution < -0.4 is 4.90 Å². The van der Waals surface area contributed by atoms with Gasteiger partial charge in [0.2, 0.25) is 0 Å². The standard InChI is InChI=1S/C47H35N/c1-47(2)43-19-11-10-18-41(43)42-31-39(27-28-44(42)47)48(38-25-22-34(23-26-38)32-12-4-3-5-13-32)45-29-24-35-15-8-9-17-40(35)46(45)37-21-20-33-14-6-7-16-36(33)30-37/h3-31H,1-2H3. The van der Waals surface area contributed by atoms with E-state index < -0.39 is 0 Å². The van der Waals surface area contributed by atoms with Gasteiger partial charge in [0, 0.05) is 22.4 Å². The van der Waals surface area contributed by atoms with Gasteiger partial charge in [0.05, 0.1) is 5.69 Å². The van der Waals surface area contributed by atoms with E-state index in [9.17, 15) is 0 Å². The summed E-state index contributed by atoms with van der Waals surface area (Å²) < 4.78 is 0. The summed E-state index contributed by atoms with van der Waals surface area (Å²) >= 11 is 0. The van der Waals surface area contributed by atoms with Crippen molar-refractivity contribution in [1.82, 2.24) is 0 Å². The van der Waals surface area contributed by atoms with Crippen LogP contribution in [-0.2, 0) is 5.41 Å². The minimum absolute atomic E-state index is 0.0498. The molecule has 0 atom stereocenters. The van der Waals surface area contributed by atoms with E-state index in [0.717, 1.165) is 17.1 Å². The zero-order valence-corrected chi connectivity index (χ0v) is 27.2. The van der Waals surface area contributed by atoms with Crippen LogP contribution in [0.15, 0.2) is 176 Å². The van der Waals surface area contributed by atoms with Gasteiger partial charge in [0.15, 0.2) is 0 Å². The smallest absolute Gasteiger partial charge is 0.0546 e. The predicted molar refractivity (Wildman–Crippen MR) is 205 cm³/mol. The Balaban J connectivity index is 1.31. The molecule has 48 heavy (non-hydrogen) atoms. The molecule has 1 aliphatic rings. The lowest BCUT2D eigenvalue weighted by Crippen LogP contribution is -2.15. The quantitative estimate of drug-likeness (QED) is 0.187. The van der Waals surface area contributed by atoms with Crippen molar-refractivity contribution in [2.24, 2.45) is 0 Å². The molecule has 0 saturated heterocycles. The number of hydrogen-bond donors (Lipinski definition) is 0. The van der Waals surface area contributed by atoms with Gasteiger partial charge < -0.3 is 4.90 Å². The van der Waals surface area contributed by atoms with E-state index in [1.165, 1.54) is 66.1 Å². The molecule has 0 N–H and O–H groups in total. The lowest BCUT2D eigenvalue weighted by atomic mass is 9.82. The predicted octanol–water partition coefficient (Wildman–Crippen LogP) is 13.1. The summed E-state index contributed by atoms with van der Waals surface area (Å²) in [5, 5.41) is 4.96. The lowest BCUT2D eigenvalue weighted by Gasteiger charge is -2.30. The SMILES string of the molecule is CC1(C)c2ccccc2-c2cc(N(c3ccc(-c4ccccc4)cc3)c3ccc4ccccc4c3-c3ccc4ccccc4c3)ccc21. The highest BCUT2D eigenvalue weighted by Crippen LogP contribution is 2.52. The second-order valence-electron chi connectivity index (χ2n) is 13.4. The maximum absolute atomic E-state index is 2.46. The second-order valence-corrected chi connectivity index (χ2v) is 13.4. The van der Waals surface area contributed by atoms with Gasteiger partial charge in [-0.25, -0.2) is 0 Å². The molecule has 0 heterocycles. The van der Waals surface area contributed by atoms with E-state index in [0.29, 0.717) is 0 Å². The third-order valence-electron chi connectivity index (χ3n) is 10.2. The summed E-state index contributed by atoms with van der Waals surface area (Å²) in [6.45, 7) is 4.69. The van der Waals surface area contributed by atoms with Crippen molar-refractivity contribution in [1.29, 1.82) is 0 Å². The fourth-order valence-corrected chi connectivity index (χ4v) is 7.80. The summed E-state index contributed by atoms with van der Waals surface area (Å²) in [4.78, 5) is 2.46. The first kappa shape index (κ1) is 28.3. The number of rotatable bonds is 5. The number of fused-ring (bicyclic) bond motifs is 5. The number of nitrogens with zero attached hydrogens (tertiary/aromatic N) is 1. The molecule has 0 fully saturated rings. The van der Waals surface area contributed by atoms with Crippen LogP contribution in [0.5, 0.6) is 0 Å². The molecule has 0 amide bonds. The molecule has 8 aromatic rings. The van der Waals surface area contributed by atoms with Crippen LogP contribution in [0.3, 0.4) is 0 Å². The Labute approximate surface area is 282 Å². The molecular formula is C47H35N. The Morgan fingerprint density at radius 1 is 0.396 bits per heavy atom. The van der Waals surface area contributed by atoms with Crippen molar-refractivity contribution in [3.05, 3.63) is 187 Å². The summed E-state index contributed by atoms with van der Waals surface area (Å²) in [5.74, 6) is 0. The van der Waals surface area contributed by atoms with E-state index >= 15 is 0 Å². The minimum atomic E-state index is -0.0498. The Morgan fingerprint density at radius 2 is 1.00 bits per heavy atom. The molecule has 1 aliphatic carbocycles. The van der Waals surface area contributed by atoms with Crippen molar-refractivity contribution in [2.75, 3.05) is 4.90 Å². The highest BCUT2D eigenvalue weighted by Gasteiger charge is 2.35. The third kappa shape index (κ3) is 4.54. The monoisotopic (exact) mass is 613 g/mol. The minimum Gasteiger partial charge on any atom is -0.310 e. The van der Waals surface area contributed by atoms with E-state index in [1.807, 2.05) is 0 Å². The summed E-state index contributed by atoms with van der Waals surface area (Å²) in [5.41, 5.74) is 13.6. The van der Waals surface area contributed by atoms with Crippen molar-refractivity contribution in [3.63, 3.8) is 0 Å². The van der Waals surface area contributed by atoms with Gasteiger partial charge in [-0.1, -0.05) is 153 Å². The number of hydrogen-bond acceptors (Lipinski definition) is 1. The maximum atomic E-state index is 2.46. The Kier molecular flexibility index (Phi) is 6.55. The topological polar surface area (TPSA) is 3.24 Å². The average molecular weight is 614 g/mol. The van der Waals surface area contributed by atoms with Gasteiger partial charge in [-0.05, 0) is 96.9 Å². The first-order valence-corrected chi connectivity index (χ1v) is 16.8. The average Bonchev–Trinajstić information content (AvgIpc) is 3.37. The molecule has 1 nitrogen and oxygen atoms in total. The molecule has 0 unspecified atom stereocenters. The zero-order chi connectivity index (χ0) is 32.2. The van der Waals surface area contributed by atoms with Gasteiger partial charge in [-0.15, -0.1) is 0 Å². The van der Waals surface area contributed by atoms with Crippen LogP contribution in [0, 0.1) is 0 Å². The molecule has 8 aromatic carbocycles. The summed E-state index contributed by atoms with van der Waals surface area (Å²) in [6.07, 6.45) is 0. The van der Waals surface area contributed by atoms with Gasteiger partial charge >= 0.3 is 0 Å². The van der Waals surface area contributed by atoms with Crippen molar-refractivity contribution in [3.8, 4) is 33.4 Å². The fraction of sp³-hybridized carbons (Fsp3) is 0.0638. The highest BCUT2D eigenvalue weighted by molar-refractivity contribution is 6.07. The van der Waals surface area contributed by atoms with E-state index in [1.54, 1.807) is 0 Å². The Hall–Kier alpha value is -5.92. The number of anilines is 3. The molecule has 1 heteroatoms. The van der Waals surface area contributed by atoms with Crippen molar-refractivity contribution >= 4 is 38.6 Å². The molecule has 0 aliphatic heterocycles. The van der Waals surface area contributed by atoms with Crippen LogP contribution in [-0.4, -0.2) is 0 Å². The molecule has 0 spiro atoms. The van der Waals surface area contributed by atoms with Crippen LogP contribution >= 0.6 is 0 Å². The van der Waals surface area contributed by atoms with Gasteiger partial charge in [0.25, 0.3) is 0 Å². The summed E-state index contributed by atoms with van der Waals surface area (Å²) in [7, 11) is 0. The van der Waals surface area contributed by atoms with E-state index in [-0.39, 0.29) is 5.41 Å². The van der Waals surface area contributed by atoms with Gasteiger partial charge in [0.1, 0.15) is 0 Å². The van der Waals surface area contributed by atoms with Gasteiger partial charge in [-0.3, -0.25) is 0 Å². The van der Waals surface area contributed by atoms with Crippen LogP contribution in [0.1, 0.15) is 25.0 Å². The second kappa shape index (κ2) is 11.1. The Bertz CT molecular complexity index is 2470. The molecule has 0 bridgehead atoms. The van der Waals surface area contributed by atoms with E-state index in [4.69, 9.17) is 0 Å². The van der Waals surface area contributed by atoms with Crippen LogP contribution in [0.2, 0.25) is 0 Å². The number of benzene rings is 8. The van der Waals surface area contributed by atoms with Crippen molar-refractivity contribution in [2.45, 2.75) is 19.3 Å². The van der Waals surface area contributed by atoms with E-state index in [2.05, 4.69) is 195 Å². The van der Waals surface area contributed by atoms with Crippen molar-refractivity contribution < 1.29 is 0 Å².